The summed E-state index contributed by atoms with van der Waals surface area (Å²) >= 11 is 6.14. The van der Waals surface area contributed by atoms with Crippen LogP contribution in [-0.4, -0.2) is 10.9 Å². The van der Waals surface area contributed by atoms with Crippen LogP contribution in [0.5, 0.6) is 0 Å². The number of amides is 1. The number of hydrogen-bond donors (Lipinski definition) is 3. The zero-order valence-electron chi connectivity index (χ0n) is 11.2. The molecule has 1 amide bonds. The average molecular weight is 300 g/mol. The number of aromatic amines is 1. The lowest BCUT2D eigenvalue weighted by molar-refractivity contribution is 0.100. The largest absolute Gasteiger partial charge is 0.380 e. The van der Waals surface area contributed by atoms with Gasteiger partial charge in [0.1, 0.15) is 0 Å². The number of benzene rings is 2. The summed E-state index contributed by atoms with van der Waals surface area (Å²) in [5, 5.41) is 4.96. The number of anilines is 1. The van der Waals surface area contributed by atoms with Gasteiger partial charge in [-0.15, -0.1) is 0 Å². The Hall–Kier alpha value is -2.46. The van der Waals surface area contributed by atoms with Crippen molar-refractivity contribution in [2.24, 2.45) is 5.73 Å². The number of halogens is 1. The SMILES string of the molecule is NC(=O)c1ccc(Cl)c(NCc2c[nH]c3ccccc23)c1. The topological polar surface area (TPSA) is 70.9 Å². The van der Waals surface area contributed by atoms with E-state index in [1.54, 1.807) is 18.2 Å². The molecule has 4 nitrogen and oxygen atoms in total. The standard InChI is InChI=1S/C16H14ClN3O/c17-13-6-5-10(16(18)21)7-15(13)20-9-11-8-19-14-4-2-1-3-12(11)14/h1-8,19-20H,9H2,(H2,18,21). The van der Waals surface area contributed by atoms with Gasteiger partial charge in [-0.3, -0.25) is 4.79 Å². The highest BCUT2D eigenvalue weighted by molar-refractivity contribution is 6.33. The highest BCUT2D eigenvalue weighted by atomic mass is 35.5. The molecule has 0 aliphatic carbocycles. The number of rotatable bonds is 4. The van der Waals surface area contributed by atoms with Crippen molar-refractivity contribution in [1.29, 1.82) is 0 Å². The Labute approximate surface area is 126 Å². The Bertz CT molecular complexity index is 810. The Morgan fingerprint density at radius 3 is 2.86 bits per heavy atom. The van der Waals surface area contributed by atoms with E-state index in [-0.39, 0.29) is 0 Å². The number of nitrogens with two attached hydrogens (primary N) is 1. The first-order chi connectivity index (χ1) is 10.1. The molecule has 0 aliphatic rings. The zero-order valence-corrected chi connectivity index (χ0v) is 11.9. The molecule has 0 bridgehead atoms. The molecule has 21 heavy (non-hydrogen) atoms. The van der Waals surface area contributed by atoms with Gasteiger partial charge in [-0.2, -0.15) is 0 Å². The van der Waals surface area contributed by atoms with E-state index in [4.69, 9.17) is 17.3 Å². The average Bonchev–Trinajstić information content (AvgIpc) is 2.89. The Balaban J connectivity index is 1.84. The maximum absolute atomic E-state index is 11.2. The molecule has 0 saturated heterocycles. The second kappa shape index (κ2) is 5.50. The predicted octanol–water partition coefficient (Wildman–Crippen LogP) is 3.53. The molecule has 4 N–H and O–H groups in total. The highest BCUT2D eigenvalue weighted by Gasteiger charge is 2.07. The van der Waals surface area contributed by atoms with Gasteiger partial charge in [0.25, 0.3) is 0 Å². The van der Waals surface area contributed by atoms with Gasteiger partial charge in [-0.05, 0) is 29.8 Å². The van der Waals surface area contributed by atoms with Crippen molar-refractivity contribution in [3.05, 3.63) is 64.8 Å². The lowest BCUT2D eigenvalue weighted by Crippen LogP contribution is -2.11. The first-order valence-electron chi connectivity index (χ1n) is 6.53. The van der Waals surface area contributed by atoms with E-state index >= 15 is 0 Å². The molecule has 1 aromatic heterocycles. The molecule has 106 valence electrons. The van der Waals surface area contributed by atoms with E-state index in [1.165, 1.54) is 0 Å². The van der Waals surface area contributed by atoms with Crippen molar-refractivity contribution in [3.63, 3.8) is 0 Å². The van der Waals surface area contributed by atoms with E-state index in [0.717, 1.165) is 16.5 Å². The molecule has 2 aromatic carbocycles. The summed E-state index contributed by atoms with van der Waals surface area (Å²) in [5.74, 6) is -0.471. The smallest absolute Gasteiger partial charge is 0.248 e. The van der Waals surface area contributed by atoms with E-state index < -0.39 is 5.91 Å². The first kappa shape index (κ1) is 13.5. The predicted molar refractivity (Wildman–Crippen MR) is 85.6 cm³/mol. The summed E-state index contributed by atoms with van der Waals surface area (Å²) in [5.41, 5.74) is 8.63. The normalized spacial score (nSPS) is 10.7. The van der Waals surface area contributed by atoms with Crippen molar-refractivity contribution in [1.82, 2.24) is 4.98 Å². The molecule has 0 fully saturated rings. The molecule has 5 heteroatoms. The second-order valence-electron chi connectivity index (χ2n) is 4.77. The third-order valence-corrected chi connectivity index (χ3v) is 3.72. The van der Waals surface area contributed by atoms with Gasteiger partial charge in [-0.25, -0.2) is 0 Å². The van der Waals surface area contributed by atoms with E-state index in [0.29, 0.717) is 22.8 Å². The molecule has 1 heterocycles. The molecule has 0 radical (unpaired) electrons. The minimum Gasteiger partial charge on any atom is -0.380 e. The summed E-state index contributed by atoms with van der Waals surface area (Å²) < 4.78 is 0. The van der Waals surface area contributed by atoms with E-state index in [2.05, 4.69) is 16.4 Å². The number of H-pyrrole nitrogens is 1. The van der Waals surface area contributed by atoms with Crippen LogP contribution in [0.15, 0.2) is 48.7 Å². The van der Waals surface area contributed by atoms with Gasteiger partial charge in [0.05, 0.1) is 10.7 Å². The fourth-order valence-electron chi connectivity index (χ4n) is 2.28. The Kier molecular flexibility index (Phi) is 3.54. The molecule has 0 spiro atoms. The molecule has 3 rings (SSSR count). The van der Waals surface area contributed by atoms with E-state index in [9.17, 15) is 4.79 Å². The van der Waals surface area contributed by atoms with Crippen LogP contribution in [-0.2, 0) is 6.54 Å². The van der Waals surface area contributed by atoms with Gasteiger partial charge in [0, 0.05) is 29.2 Å². The number of para-hydroxylation sites is 1. The minimum absolute atomic E-state index is 0.431. The maximum Gasteiger partial charge on any atom is 0.248 e. The zero-order chi connectivity index (χ0) is 14.8. The minimum atomic E-state index is -0.471. The number of hydrogen-bond acceptors (Lipinski definition) is 2. The summed E-state index contributed by atoms with van der Waals surface area (Å²) in [4.78, 5) is 14.4. The summed E-state index contributed by atoms with van der Waals surface area (Å²) in [6, 6.07) is 13.0. The van der Waals surface area contributed by atoms with Crippen LogP contribution >= 0.6 is 11.6 Å². The van der Waals surface area contributed by atoms with Gasteiger partial charge in [0.2, 0.25) is 5.91 Å². The van der Waals surface area contributed by atoms with Crippen molar-refractivity contribution in [3.8, 4) is 0 Å². The van der Waals surface area contributed by atoms with Crippen LogP contribution in [0.2, 0.25) is 5.02 Å². The Morgan fingerprint density at radius 1 is 1.24 bits per heavy atom. The molecule has 0 aliphatic heterocycles. The van der Waals surface area contributed by atoms with Gasteiger partial charge in [0.15, 0.2) is 0 Å². The molecular weight excluding hydrogens is 286 g/mol. The Morgan fingerprint density at radius 2 is 2.05 bits per heavy atom. The lowest BCUT2D eigenvalue weighted by Gasteiger charge is -2.09. The van der Waals surface area contributed by atoms with Crippen molar-refractivity contribution in [2.75, 3.05) is 5.32 Å². The first-order valence-corrected chi connectivity index (χ1v) is 6.91. The lowest BCUT2D eigenvalue weighted by atomic mass is 10.1. The number of aromatic nitrogens is 1. The number of fused-ring (bicyclic) bond motifs is 1. The summed E-state index contributed by atoms with van der Waals surface area (Å²) in [6.45, 7) is 0.603. The monoisotopic (exact) mass is 299 g/mol. The van der Waals surface area contributed by atoms with Gasteiger partial charge in [-0.1, -0.05) is 29.8 Å². The van der Waals surface area contributed by atoms with Crippen LogP contribution in [0, 0.1) is 0 Å². The molecule has 3 aromatic rings. The van der Waals surface area contributed by atoms with Crippen molar-refractivity contribution in [2.45, 2.75) is 6.54 Å². The van der Waals surface area contributed by atoms with Crippen LogP contribution in [0.25, 0.3) is 10.9 Å². The van der Waals surface area contributed by atoms with Crippen LogP contribution in [0.4, 0.5) is 5.69 Å². The van der Waals surface area contributed by atoms with Crippen molar-refractivity contribution < 1.29 is 4.79 Å². The van der Waals surface area contributed by atoms with Gasteiger partial charge < -0.3 is 16.0 Å². The fourth-order valence-corrected chi connectivity index (χ4v) is 2.47. The molecule has 0 atom stereocenters. The quantitative estimate of drug-likeness (QED) is 0.689. The maximum atomic E-state index is 11.2. The highest BCUT2D eigenvalue weighted by Crippen LogP contribution is 2.25. The second-order valence-corrected chi connectivity index (χ2v) is 5.18. The summed E-state index contributed by atoms with van der Waals surface area (Å²) in [7, 11) is 0. The molecule has 0 unspecified atom stereocenters. The van der Waals surface area contributed by atoms with E-state index in [1.807, 2.05) is 24.4 Å². The van der Waals surface area contributed by atoms with Crippen LogP contribution < -0.4 is 11.1 Å². The van der Waals surface area contributed by atoms with Crippen molar-refractivity contribution >= 4 is 34.1 Å². The van der Waals surface area contributed by atoms with Crippen LogP contribution in [0.1, 0.15) is 15.9 Å². The summed E-state index contributed by atoms with van der Waals surface area (Å²) in [6.07, 6.45) is 1.96. The fraction of sp³-hybridized carbons (Fsp3) is 0.0625. The van der Waals surface area contributed by atoms with Crippen LogP contribution in [0.3, 0.4) is 0 Å². The number of carbonyl (C=O) groups excluding carboxylic acids is 1. The number of carbonyl (C=O) groups is 1. The molecular formula is C16H14ClN3O. The number of primary amides is 1. The third kappa shape index (κ3) is 2.71. The van der Waals surface area contributed by atoms with Gasteiger partial charge >= 0.3 is 0 Å². The molecule has 0 saturated carbocycles. The number of nitrogens with one attached hydrogen (secondary N) is 2. The third-order valence-electron chi connectivity index (χ3n) is 3.40.